The number of sulfonamides is 1. The van der Waals surface area contributed by atoms with Crippen LogP contribution in [0.1, 0.15) is 34.2 Å². The van der Waals surface area contributed by atoms with Gasteiger partial charge in [-0.3, -0.25) is 14.5 Å². The molecule has 0 saturated heterocycles. The van der Waals surface area contributed by atoms with Crippen molar-refractivity contribution in [2.75, 3.05) is 41.8 Å². The molecule has 3 aromatic carbocycles. The Hall–Kier alpha value is -4.14. The van der Waals surface area contributed by atoms with Crippen LogP contribution in [0.2, 0.25) is 0 Å². The predicted molar refractivity (Wildman–Crippen MR) is 165 cm³/mol. The first kappa shape index (κ1) is 28.4. The molecule has 0 aromatic heterocycles. The number of benzene rings is 3. The number of nitrogens with zero attached hydrogens (tertiary/aromatic N) is 5. The number of fused-ring (bicyclic) bond motifs is 1. The molecule has 2 heterocycles. The summed E-state index contributed by atoms with van der Waals surface area (Å²) in [5, 5.41) is 15.1. The van der Waals surface area contributed by atoms with Crippen LogP contribution in [-0.2, 0) is 22.9 Å². The fraction of sp³-hybridized carbons (Fsp3) is 0.267. The first-order chi connectivity index (χ1) is 19.7. The Morgan fingerprint density at radius 3 is 2.56 bits per heavy atom. The molecule has 41 heavy (non-hydrogen) atoms. The summed E-state index contributed by atoms with van der Waals surface area (Å²) in [5.74, 6) is 1.39. The molecule has 0 radical (unpaired) electrons. The minimum absolute atomic E-state index is 0.0531. The van der Waals surface area contributed by atoms with E-state index in [2.05, 4.69) is 39.0 Å². The van der Waals surface area contributed by atoms with Crippen LogP contribution in [0, 0.1) is 11.3 Å². The molecule has 0 saturated carbocycles. The van der Waals surface area contributed by atoms with Crippen molar-refractivity contribution in [1.82, 2.24) is 5.01 Å². The number of carbonyl (C=O) groups excluding carboxylic acids is 1. The van der Waals surface area contributed by atoms with Gasteiger partial charge in [-0.1, -0.05) is 30.0 Å². The average molecular weight is 587 g/mol. The molecule has 1 N–H and O–H groups in total. The molecule has 1 amide bonds. The summed E-state index contributed by atoms with van der Waals surface area (Å²) in [6.07, 6.45) is 3.70. The molecule has 210 valence electrons. The van der Waals surface area contributed by atoms with Gasteiger partial charge in [-0.05, 0) is 84.5 Å². The van der Waals surface area contributed by atoms with Crippen molar-refractivity contribution in [3.63, 3.8) is 0 Å². The van der Waals surface area contributed by atoms with E-state index in [0.29, 0.717) is 30.0 Å². The summed E-state index contributed by atoms with van der Waals surface area (Å²) in [6, 6.07) is 23.3. The number of amidine groups is 1. The first-order valence-electron chi connectivity index (χ1n) is 13.2. The van der Waals surface area contributed by atoms with Crippen molar-refractivity contribution < 1.29 is 13.2 Å². The number of nitrogens with one attached hydrogen (secondary N) is 1. The second-order valence-corrected chi connectivity index (χ2v) is 12.6. The fourth-order valence-corrected chi connectivity index (χ4v) is 6.16. The van der Waals surface area contributed by atoms with Crippen molar-refractivity contribution >= 4 is 49.9 Å². The van der Waals surface area contributed by atoms with E-state index in [1.807, 2.05) is 36.4 Å². The third-order valence-electron chi connectivity index (χ3n) is 6.85. The van der Waals surface area contributed by atoms with Crippen molar-refractivity contribution in [2.45, 2.75) is 19.3 Å². The highest BCUT2D eigenvalue weighted by Gasteiger charge is 2.25. The largest absolute Gasteiger partial charge is 0.326 e. The third kappa shape index (κ3) is 6.96. The van der Waals surface area contributed by atoms with E-state index in [9.17, 15) is 18.5 Å². The normalized spacial score (nSPS) is 15.7. The number of hydrogen-bond donors (Lipinski definition) is 1. The minimum Gasteiger partial charge on any atom is -0.326 e. The van der Waals surface area contributed by atoms with E-state index in [-0.39, 0.29) is 5.24 Å². The number of nitriles is 1. The molecule has 0 aliphatic carbocycles. The molecule has 2 aliphatic heterocycles. The molecule has 0 bridgehead atoms. The van der Waals surface area contributed by atoms with Crippen molar-refractivity contribution in [3.05, 3.63) is 94.5 Å². The van der Waals surface area contributed by atoms with Crippen LogP contribution in [0.4, 0.5) is 16.2 Å². The van der Waals surface area contributed by atoms with Gasteiger partial charge in [0.25, 0.3) is 0 Å². The number of hydrazone groups is 1. The summed E-state index contributed by atoms with van der Waals surface area (Å²) >= 11 is 1.26. The summed E-state index contributed by atoms with van der Waals surface area (Å²) in [7, 11) is -1.65. The Labute approximate surface area is 244 Å². The van der Waals surface area contributed by atoms with Crippen molar-refractivity contribution in [2.24, 2.45) is 10.1 Å². The molecule has 0 unspecified atom stereocenters. The lowest BCUT2D eigenvalue weighted by Gasteiger charge is -2.33. The molecule has 0 atom stereocenters. The van der Waals surface area contributed by atoms with Gasteiger partial charge in [-0.15, -0.1) is 0 Å². The highest BCUT2D eigenvalue weighted by atomic mass is 32.2. The molecule has 0 spiro atoms. The molecule has 9 nitrogen and oxygen atoms in total. The van der Waals surface area contributed by atoms with Crippen LogP contribution >= 0.6 is 11.8 Å². The number of thioether (sulfide) groups is 1. The van der Waals surface area contributed by atoms with Crippen LogP contribution in [-0.4, -0.2) is 62.4 Å². The lowest BCUT2D eigenvalue weighted by atomic mass is 9.96. The Morgan fingerprint density at radius 2 is 1.88 bits per heavy atom. The third-order valence-corrected chi connectivity index (χ3v) is 8.38. The van der Waals surface area contributed by atoms with Crippen LogP contribution in [0.15, 0.2) is 76.8 Å². The van der Waals surface area contributed by atoms with Gasteiger partial charge in [0.2, 0.25) is 10.0 Å². The van der Waals surface area contributed by atoms with E-state index in [1.165, 1.54) is 22.3 Å². The number of amides is 1. The molecular weight excluding hydrogens is 557 g/mol. The van der Waals surface area contributed by atoms with E-state index in [4.69, 9.17) is 4.99 Å². The van der Waals surface area contributed by atoms with Gasteiger partial charge >= 0.3 is 5.24 Å². The second kappa shape index (κ2) is 12.2. The van der Waals surface area contributed by atoms with Crippen LogP contribution in [0.5, 0.6) is 0 Å². The lowest BCUT2D eigenvalue weighted by molar-refractivity contribution is 0.235. The van der Waals surface area contributed by atoms with Gasteiger partial charge in [-0.2, -0.15) is 10.4 Å². The second-order valence-electron chi connectivity index (χ2n) is 9.94. The van der Waals surface area contributed by atoms with Crippen LogP contribution < -0.4 is 9.62 Å². The van der Waals surface area contributed by atoms with Gasteiger partial charge in [0.15, 0.2) is 0 Å². The maximum Gasteiger partial charge on any atom is 0.301 e. The number of hydrogen-bond acceptors (Lipinski definition) is 7. The first-order valence-corrected chi connectivity index (χ1v) is 16.1. The van der Waals surface area contributed by atoms with Crippen molar-refractivity contribution in [3.8, 4) is 6.07 Å². The zero-order valence-corrected chi connectivity index (χ0v) is 24.5. The number of aliphatic imine (C=N–C) groups is 1. The van der Waals surface area contributed by atoms with Gasteiger partial charge in [0.05, 0.1) is 23.6 Å². The van der Waals surface area contributed by atoms with E-state index in [0.717, 1.165) is 59.6 Å². The molecular formula is C30H30N6O3S2. The van der Waals surface area contributed by atoms with Crippen molar-refractivity contribution in [1.29, 1.82) is 5.26 Å². The number of carbonyl (C=O) groups is 1. The van der Waals surface area contributed by atoms with Gasteiger partial charge in [0, 0.05) is 42.8 Å². The highest BCUT2D eigenvalue weighted by Crippen LogP contribution is 2.31. The predicted octanol–water partition coefficient (Wildman–Crippen LogP) is 4.87. The minimum atomic E-state index is -3.33. The fourth-order valence-electron chi connectivity index (χ4n) is 4.88. The summed E-state index contributed by atoms with van der Waals surface area (Å²) in [5.41, 5.74) is 7.29. The monoisotopic (exact) mass is 586 g/mol. The molecule has 5 rings (SSSR count). The number of rotatable bonds is 7. The zero-order chi connectivity index (χ0) is 29.0. The van der Waals surface area contributed by atoms with E-state index < -0.39 is 10.0 Å². The average Bonchev–Trinajstić information content (AvgIpc) is 2.96. The van der Waals surface area contributed by atoms with Crippen LogP contribution in [0.25, 0.3) is 0 Å². The molecule has 11 heteroatoms. The highest BCUT2D eigenvalue weighted by molar-refractivity contribution is 8.14. The van der Waals surface area contributed by atoms with Gasteiger partial charge in [-0.25, -0.2) is 13.4 Å². The number of anilines is 2. The molecule has 0 fully saturated rings. The maximum atomic E-state index is 11.9. The Bertz CT molecular complexity index is 1660. The summed E-state index contributed by atoms with van der Waals surface area (Å²) < 4.78 is 25.5. The summed E-state index contributed by atoms with van der Waals surface area (Å²) in [6.45, 7) is 1.34. The zero-order valence-electron chi connectivity index (χ0n) is 22.9. The quantitative estimate of drug-likeness (QED) is 0.312. The smallest absolute Gasteiger partial charge is 0.301 e. The Balaban J connectivity index is 1.42. The SMILES string of the molecule is CN1N=C(c2ccc3c(c2)CCCN3C(=NCCc2ccc(NS(C)(=O)=O)cc2)c2ccc(C#N)cc2)CSC1=O. The standard InChI is InChI=1S/C30H30N6O3S2/c1-35-30(37)40-20-27(33-35)24-11-14-28-25(18-24)4-3-17-36(28)29(23-9-5-22(19-31)6-10-23)32-16-15-21-7-12-26(13-8-21)34-41(2,38)39/h5-14,18,34H,3-4,15-17,20H2,1-2H3. The van der Waals surface area contributed by atoms with E-state index >= 15 is 0 Å². The Kier molecular flexibility index (Phi) is 8.42. The Morgan fingerprint density at radius 1 is 1.12 bits per heavy atom. The molecule has 2 aliphatic rings. The summed E-state index contributed by atoms with van der Waals surface area (Å²) in [4.78, 5) is 19.2. The van der Waals surface area contributed by atoms with E-state index in [1.54, 1.807) is 19.2 Å². The molecule has 3 aromatic rings. The van der Waals surface area contributed by atoms with Gasteiger partial charge < -0.3 is 4.90 Å². The number of aryl methyl sites for hydroxylation is 1. The van der Waals surface area contributed by atoms with Gasteiger partial charge in [0.1, 0.15) is 5.84 Å². The lowest BCUT2D eigenvalue weighted by Crippen LogP contribution is -2.36. The van der Waals surface area contributed by atoms with Crippen LogP contribution in [0.3, 0.4) is 0 Å². The maximum absolute atomic E-state index is 11.9. The topological polar surface area (TPSA) is 118 Å².